The highest BCUT2D eigenvalue weighted by Gasteiger charge is 2.56. The van der Waals surface area contributed by atoms with Crippen LogP contribution < -0.4 is 0 Å². The van der Waals surface area contributed by atoms with Crippen molar-refractivity contribution in [3.05, 3.63) is 23.3 Å². The van der Waals surface area contributed by atoms with Gasteiger partial charge in [-0.05, 0) is 91.3 Å². The number of rotatable bonds is 5. The minimum Gasteiger partial charge on any atom is -0.0637 e. The molecule has 28 heavy (non-hydrogen) atoms. The van der Waals surface area contributed by atoms with Gasteiger partial charge >= 0.3 is 0 Å². The molecule has 0 radical (unpaired) electrons. The van der Waals surface area contributed by atoms with Gasteiger partial charge in [-0.25, -0.2) is 0 Å². The molecule has 0 aliphatic heterocycles. The molecule has 4 aliphatic carbocycles. The Labute approximate surface area is 175 Å². The molecule has 0 amide bonds. The number of hydrogen-bond acceptors (Lipinski definition) is 0. The first-order valence-corrected chi connectivity index (χ1v) is 12.7. The van der Waals surface area contributed by atoms with E-state index in [2.05, 4.69) is 53.7 Å². The molecule has 0 heteroatoms. The summed E-state index contributed by atoms with van der Waals surface area (Å²) in [5, 5.41) is 0. The van der Waals surface area contributed by atoms with E-state index in [1.165, 1.54) is 64.2 Å². The Morgan fingerprint density at radius 3 is 2.43 bits per heavy atom. The first-order chi connectivity index (χ1) is 13.3. The van der Waals surface area contributed by atoms with Crippen molar-refractivity contribution < 1.29 is 0 Å². The van der Waals surface area contributed by atoms with Crippen LogP contribution in [-0.4, -0.2) is 0 Å². The SMILES string of the molecule is CC(C)[C@@H](C)CC[C@@H](C)[C@H]1CC[C@H]2C3=CC=C4CCCC[C@]4(C)[C@H]3CC[C@]12C. The molecule has 0 heterocycles. The zero-order chi connectivity index (χ0) is 20.1. The molecule has 4 rings (SSSR count). The highest BCUT2D eigenvalue weighted by molar-refractivity contribution is 5.38. The Bertz CT molecular complexity index is 636. The zero-order valence-electron chi connectivity index (χ0n) is 19.7. The molecule has 0 N–H and O–H groups in total. The van der Waals surface area contributed by atoms with Crippen LogP contribution in [0.25, 0.3) is 0 Å². The van der Waals surface area contributed by atoms with E-state index in [-0.39, 0.29) is 0 Å². The molecule has 0 unspecified atom stereocenters. The summed E-state index contributed by atoms with van der Waals surface area (Å²) >= 11 is 0. The van der Waals surface area contributed by atoms with Gasteiger partial charge in [0.15, 0.2) is 0 Å². The lowest BCUT2D eigenvalue weighted by molar-refractivity contribution is 0.0467. The summed E-state index contributed by atoms with van der Waals surface area (Å²) < 4.78 is 0. The smallest absolute Gasteiger partial charge is 0.00476 e. The second kappa shape index (κ2) is 7.63. The van der Waals surface area contributed by atoms with Crippen LogP contribution in [0.3, 0.4) is 0 Å². The van der Waals surface area contributed by atoms with Crippen LogP contribution in [0, 0.1) is 46.3 Å². The Hall–Kier alpha value is -0.520. The Balaban J connectivity index is 1.52. The third kappa shape index (κ3) is 3.26. The summed E-state index contributed by atoms with van der Waals surface area (Å²) in [6.45, 7) is 15.2. The molecule has 0 nitrogen and oxygen atoms in total. The molecule has 0 saturated heterocycles. The zero-order valence-corrected chi connectivity index (χ0v) is 19.7. The van der Waals surface area contributed by atoms with Crippen LogP contribution in [0.5, 0.6) is 0 Å². The number of allylic oxidation sites excluding steroid dienone is 4. The summed E-state index contributed by atoms with van der Waals surface area (Å²) in [7, 11) is 0. The van der Waals surface area contributed by atoms with Crippen molar-refractivity contribution in [2.45, 2.75) is 106 Å². The maximum atomic E-state index is 2.69. The van der Waals surface area contributed by atoms with Gasteiger partial charge in [0.1, 0.15) is 0 Å². The molecular weight excluding hydrogens is 336 g/mol. The van der Waals surface area contributed by atoms with Gasteiger partial charge in [-0.15, -0.1) is 0 Å². The van der Waals surface area contributed by atoms with Gasteiger partial charge in [0.25, 0.3) is 0 Å². The molecule has 0 aromatic heterocycles. The van der Waals surface area contributed by atoms with Gasteiger partial charge in [0.05, 0.1) is 0 Å². The molecule has 7 atom stereocenters. The van der Waals surface area contributed by atoms with E-state index in [1.54, 1.807) is 5.57 Å². The average molecular weight is 383 g/mol. The maximum Gasteiger partial charge on any atom is -0.00476 e. The highest BCUT2D eigenvalue weighted by atomic mass is 14.6. The third-order valence-corrected chi connectivity index (χ3v) is 10.5. The van der Waals surface area contributed by atoms with Gasteiger partial charge in [-0.2, -0.15) is 0 Å². The first-order valence-electron chi connectivity index (χ1n) is 12.7. The fraction of sp³-hybridized carbons (Fsp3) is 0.857. The number of hydrogen-bond donors (Lipinski definition) is 0. The van der Waals surface area contributed by atoms with Gasteiger partial charge in [-0.3, -0.25) is 0 Å². The average Bonchev–Trinajstić information content (AvgIpc) is 3.02. The summed E-state index contributed by atoms with van der Waals surface area (Å²) in [6, 6.07) is 0. The van der Waals surface area contributed by atoms with Crippen LogP contribution in [0.15, 0.2) is 23.3 Å². The standard InChI is InChI=1S/C28H46/c1-19(2)20(3)10-11-21(4)24-14-15-25-23-13-12-22-9-7-8-17-27(22,5)26(23)16-18-28(24,25)6/h12-13,19-21,24-26H,7-11,14-18H2,1-6H3/t20-,21+,24+,25-,26-,27-,28+/m0/s1. The van der Waals surface area contributed by atoms with E-state index in [4.69, 9.17) is 0 Å². The normalized spacial score (nSPS) is 42.2. The van der Waals surface area contributed by atoms with Crippen molar-refractivity contribution in [2.24, 2.45) is 46.3 Å². The molecule has 3 saturated carbocycles. The summed E-state index contributed by atoms with van der Waals surface area (Å²) in [6.07, 6.45) is 19.6. The van der Waals surface area contributed by atoms with Crippen LogP contribution in [-0.2, 0) is 0 Å². The van der Waals surface area contributed by atoms with Crippen molar-refractivity contribution in [1.29, 1.82) is 0 Å². The molecule has 0 bridgehead atoms. The first kappa shape index (κ1) is 20.7. The second-order valence-corrected chi connectivity index (χ2v) is 12.1. The van der Waals surface area contributed by atoms with Gasteiger partial charge in [0.2, 0.25) is 0 Å². The number of fused-ring (bicyclic) bond motifs is 5. The van der Waals surface area contributed by atoms with Crippen LogP contribution in [0.2, 0.25) is 0 Å². The maximum absolute atomic E-state index is 2.69. The van der Waals surface area contributed by atoms with Gasteiger partial charge in [-0.1, -0.05) is 84.1 Å². The molecular formula is C28H46. The Kier molecular flexibility index (Phi) is 5.65. The predicted molar refractivity (Wildman–Crippen MR) is 122 cm³/mol. The van der Waals surface area contributed by atoms with E-state index in [9.17, 15) is 0 Å². The van der Waals surface area contributed by atoms with Crippen molar-refractivity contribution in [1.82, 2.24) is 0 Å². The summed E-state index contributed by atoms with van der Waals surface area (Å²) in [5.74, 6) is 5.29. The van der Waals surface area contributed by atoms with Crippen LogP contribution >= 0.6 is 0 Å². The third-order valence-electron chi connectivity index (χ3n) is 10.5. The minimum absolute atomic E-state index is 0.500. The van der Waals surface area contributed by atoms with Crippen LogP contribution in [0.1, 0.15) is 106 Å². The summed E-state index contributed by atoms with van der Waals surface area (Å²) in [4.78, 5) is 0. The lowest BCUT2D eigenvalue weighted by atomic mass is 9.50. The lowest BCUT2D eigenvalue weighted by Crippen LogP contribution is -2.45. The van der Waals surface area contributed by atoms with E-state index in [0.717, 1.165) is 35.5 Å². The highest BCUT2D eigenvalue weighted by Crippen LogP contribution is 2.66. The lowest BCUT2D eigenvalue weighted by Gasteiger charge is -2.54. The topological polar surface area (TPSA) is 0 Å². The second-order valence-electron chi connectivity index (χ2n) is 12.1. The van der Waals surface area contributed by atoms with Crippen LogP contribution in [0.4, 0.5) is 0 Å². The van der Waals surface area contributed by atoms with E-state index in [0.29, 0.717) is 10.8 Å². The summed E-state index contributed by atoms with van der Waals surface area (Å²) in [5.41, 5.74) is 4.74. The Morgan fingerprint density at radius 2 is 1.68 bits per heavy atom. The van der Waals surface area contributed by atoms with Crippen molar-refractivity contribution in [3.8, 4) is 0 Å². The largest absolute Gasteiger partial charge is 0.0637 e. The minimum atomic E-state index is 0.500. The molecule has 158 valence electrons. The van der Waals surface area contributed by atoms with Crippen molar-refractivity contribution in [3.63, 3.8) is 0 Å². The van der Waals surface area contributed by atoms with Gasteiger partial charge in [0, 0.05) is 0 Å². The predicted octanol–water partition coefficient (Wildman–Crippen LogP) is 8.58. The fourth-order valence-corrected chi connectivity index (χ4v) is 8.07. The van der Waals surface area contributed by atoms with Crippen molar-refractivity contribution >= 4 is 0 Å². The molecule has 4 aliphatic rings. The van der Waals surface area contributed by atoms with Crippen molar-refractivity contribution in [2.75, 3.05) is 0 Å². The van der Waals surface area contributed by atoms with E-state index >= 15 is 0 Å². The fourth-order valence-electron chi connectivity index (χ4n) is 8.07. The van der Waals surface area contributed by atoms with E-state index in [1.807, 2.05) is 5.57 Å². The van der Waals surface area contributed by atoms with Gasteiger partial charge < -0.3 is 0 Å². The Morgan fingerprint density at radius 1 is 0.893 bits per heavy atom. The molecule has 3 fully saturated rings. The molecule has 0 aromatic rings. The molecule has 0 spiro atoms. The monoisotopic (exact) mass is 382 g/mol. The van der Waals surface area contributed by atoms with E-state index < -0.39 is 0 Å². The molecule has 0 aromatic carbocycles. The quantitative estimate of drug-likeness (QED) is 0.446.